The molecular formula is C18H28N2O3. The van der Waals surface area contributed by atoms with Gasteiger partial charge in [-0.3, -0.25) is 9.69 Å². The van der Waals surface area contributed by atoms with Gasteiger partial charge in [0.15, 0.2) is 0 Å². The molecule has 1 heterocycles. The smallest absolute Gasteiger partial charge is 0.236 e. The maximum absolute atomic E-state index is 12.5. The fourth-order valence-electron chi connectivity index (χ4n) is 2.76. The monoisotopic (exact) mass is 320 g/mol. The third kappa shape index (κ3) is 5.94. The number of rotatable bonds is 7. The van der Waals surface area contributed by atoms with Crippen LogP contribution in [0.5, 0.6) is 0 Å². The van der Waals surface area contributed by atoms with Gasteiger partial charge < -0.3 is 14.4 Å². The summed E-state index contributed by atoms with van der Waals surface area (Å²) >= 11 is 0. The van der Waals surface area contributed by atoms with Crippen molar-refractivity contribution in [2.45, 2.75) is 26.0 Å². The molecule has 0 saturated carbocycles. The highest BCUT2D eigenvalue weighted by Crippen LogP contribution is 2.10. The molecular weight excluding hydrogens is 292 g/mol. The van der Waals surface area contributed by atoms with Crippen molar-refractivity contribution in [1.29, 1.82) is 0 Å². The van der Waals surface area contributed by atoms with Gasteiger partial charge in [-0.15, -0.1) is 0 Å². The summed E-state index contributed by atoms with van der Waals surface area (Å²) in [7, 11) is 3.67. The van der Waals surface area contributed by atoms with Crippen LogP contribution in [0.25, 0.3) is 0 Å². The van der Waals surface area contributed by atoms with Gasteiger partial charge in [0.05, 0.1) is 19.3 Å². The zero-order valence-electron chi connectivity index (χ0n) is 14.5. The second-order valence-corrected chi connectivity index (χ2v) is 6.27. The highest BCUT2D eigenvalue weighted by Gasteiger charge is 2.24. The van der Waals surface area contributed by atoms with Crippen LogP contribution in [0.2, 0.25) is 0 Å². The first-order valence-electron chi connectivity index (χ1n) is 8.21. The molecule has 5 nitrogen and oxygen atoms in total. The molecule has 0 N–H and O–H groups in total. The van der Waals surface area contributed by atoms with Crippen LogP contribution in [0.4, 0.5) is 0 Å². The van der Waals surface area contributed by atoms with Crippen molar-refractivity contribution in [3.63, 3.8) is 0 Å². The van der Waals surface area contributed by atoms with Gasteiger partial charge in [0.25, 0.3) is 0 Å². The number of likely N-dealkylation sites (N-methyl/N-ethyl adjacent to an activating group) is 1. The Morgan fingerprint density at radius 3 is 2.83 bits per heavy atom. The van der Waals surface area contributed by atoms with Crippen LogP contribution in [0.3, 0.4) is 0 Å². The van der Waals surface area contributed by atoms with Crippen molar-refractivity contribution in [2.75, 3.05) is 47.0 Å². The van der Waals surface area contributed by atoms with E-state index in [0.29, 0.717) is 32.8 Å². The third-order valence-corrected chi connectivity index (χ3v) is 4.11. The number of carbonyl (C=O) groups excluding carboxylic acids is 1. The molecule has 0 spiro atoms. The molecule has 1 aromatic carbocycles. The molecule has 23 heavy (non-hydrogen) atoms. The first kappa shape index (κ1) is 17.9. The van der Waals surface area contributed by atoms with E-state index in [4.69, 9.17) is 9.47 Å². The molecule has 0 unspecified atom stereocenters. The first-order chi connectivity index (χ1) is 11.1. The zero-order chi connectivity index (χ0) is 16.7. The molecule has 1 saturated heterocycles. The Morgan fingerprint density at radius 2 is 2.13 bits per heavy atom. The number of morpholine rings is 1. The van der Waals surface area contributed by atoms with Crippen molar-refractivity contribution in [3.8, 4) is 0 Å². The van der Waals surface area contributed by atoms with Crippen molar-refractivity contribution < 1.29 is 14.3 Å². The van der Waals surface area contributed by atoms with Crippen molar-refractivity contribution >= 4 is 5.91 Å². The van der Waals surface area contributed by atoms with Gasteiger partial charge >= 0.3 is 0 Å². The average Bonchev–Trinajstić information content (AvgIpc) is 2.55. The van der Waals surface area contributed by atoms with Crippen LogP contribution < -0.4 is 0 Å². The Balaban J connectivity index is 1.79. The molecule has 0 aromatic heterocycles. The second-order valence-electron chi connectivity index (χ2n) is 6.27. The van der Waals surface area contributed by atoms with E-state index in [1.54, 1.807) is 7.11 Å². The Hall–Kier alpha value is -1.43. The van der Waals surface area contributed by atoms with E-state index in [9.17, 15) is 4.79 Å². The molecule has 1 atom stereocenters. The Bertz CT molecular complexity index is 490. The molecule has 2 rings (SSSR count). The van der Waals surface area contributed by atoms with Crippen LogP contribution in [-0.4, -0.2) is 68.8 Å². The predicted molar refractivity (Wildman–Crippen MR) is 90.3 cm³/mol. The number of nitrogens with zero attached hydrogens (tertiary/aromatic N) is 2. The Morgan fingerprint density at radius 1 is 1.39 bits per heavy atom. The molecule has 5 heteroatoms. The average molecular weight is 320 g/mol. The van der Waals surface area contributed by atoms with Gasteiger partial charge in [-0.1, -0.05) is 29.8 Å². The number of aryl methyl sites for hydroxylation is 1. The SMILES string of the molecule is COCC[C@H]1CN(C(=O)CN(C)Cc2ccc(C)cc2)CCO1. The minimum Gasteiger partial charge on any atom is -0.385 e. The van der Waals surface area contributed by atoms with Crippen LogP contribution in [-0.2, 0) is 20.8 Å². The Kier molecular flexibility index (Phi) is 7.02. The number of methoxy groups -OCH3 is 1. The van der Waals surface area contributed by atoms with E-state index in [-0.39, 0.29) is 12.0 Å². The lowest BCUT2D eigenvalue weighted by Crippen LogP contribution is -2.48. The van der Waals surface area contributed by atoms with E-state index in [2.05, 4.69) is 36.1 Å². The largest absolute Gasteiger partial charge is 0.385 e. The fourth-order valence-corrected chi connectivity index (χ4v) is 2.76. The van der Waals surface area contributed by atoms with Gasteiger partial charge in [-0.05, 0) is 26.0 Å². The molecule has 1 aliphatic rings. The second kappa shape index (κ2) is 9.01. The summed E-state index contributed by atoms with van der Waals surface area (Å²) in [5.41, 5.74) is 2.48. The molecule has 1 amide bonds. The quantitative estimate of drug-likeness (QED) is 0.767. The molecule has 1 aromatic rings. The van der Waals surface area contributed by atoms with Crippen molar-refractivity contribution in [2.24, 2.45) is 0 Å². The number of ether oxygens (including phenoxy) is 2. The number of hydrogen-bond donors (Lipinski definition) is 0. The minimum absolute atomic E-state index is 0.0926. The van der Waals surface area contributed by atoms with Crippen LogP contribution in [0.1, 0.15) is 17.5 Å². The number of benzene rings is 1. The molecule has 128 valence electrons. The van der Waals surface area contributed by atoms with Crippen LogP contribution >= 0.6 is 0 Å². The minimum atomic E-state index is 0.0926. The molecule has 0 bridgehead atoms. The maximum atomic E-state index is 12.5. The summed E-state index contributed by atoms with van der Waals surface area (Å²) in [6.07, 6.45) is 0.925. The van der Waals surface area contributed by atoms with E-state index in [1.165, 1.54) is 11.1 Å². The first-order valence-corrected chi connectivity index (χ1v) is 8.21. The third-order valence-electron chi connectivity index (χ3n) is 4.11. The van der Waals surface area contributed by atoms with Gasteiger partial charge in [0, 0.05) is 33.4 Å². The zero-order valence-corrected chi connectivity index (χ0v) is 14.5. The topological polar surface area (TPSA) is 42.0 Å². The lowest BCUT2D eigenvalue weighted by Gasteiger charge is -2.34. The maximum Gasteiger partial charge on any atom is 0.236 e. The van der Waals surface area contributed by atoms with E-state index < -0.39 is 0 Å². The highest BCUT2D eigenvalue weighted by molar-refractivity contribution is 5.78. The number of carbonyl (C=O) groups is 1. The van der Waals surface area contributed by atoms with Crippen molar-refractivity contribution in [1.82, 2.24) is 9.80 Å². The standard InChI is InChI=1S/C18H28N2O3/c1-15-4-6-16(7-5-15)12-19(2)14-18(21)20-9-11-23-17(13-20)8-10-22-3/h4-7,17H,8-14H2,1-3H3/t17-/m0/s1. The number of hydrogen-bond acceptors (Lipinski definition) is 4. The van der Waals surface area contributed by atoms with Gasteiger partial charge in [-0.25, -0.2) is 0 Å². The van der Waals surface area contributed by atoms with E-state index in [0.717, 1.165) is 13.0 Å². The molecule has 0 aliphatic carbocycles. The number of amides is 1. The van der Waals surface area contributed by atoms with Gasteiger partial charge in [0.1, 0.15) is 0 Å². The molecule has 0 radical (unpaired) electrons. The normalized spacial score (nSPS) is 18.4. The van der Waals surface area contributed by atoms with Gasteiger partial charge in [0.2, 0.25) is 5.91 Å². The summed E-state index contributed by atoms with van der Waals surface area (Å²) in [6.45, 7) is 5.92. The molecule has 1 fully saturated rings. The lowest BCUT2D eigenvalue weighted by atomic mass is 10.1. The van der Waals surface area contributed by atoms with E-state index >= 15 is 0 Å². The van der Waals surface area contributed by atoms with Crippen LogP contribution in [0, 0.1) is 6.92 Å². The van der Waals surface area contributed by atoms with E-state index in [1.807, 2.05) is 11.9 Å². The lowest BCUT2D eigenvalue weighted by molar-refractivity contribution is -0.140. The Labute approximate surface area is 139 Å². The summed E-state index contributed by atoms with van der Waals surface area (Å²) in [6, 6.07) is 8.44. The summed E-state index contributed by atoms with van der Waals surface area (Å²) < 4.78 is 10.8. The fraction of sp³-hybridized carbons (Fsp3) is 0.611. The van der Waals surface area contributed by atoms with Gasteiger partial charge in [-0.2, -0.15) is 0 Å². The summed E-state index contributed by atoms with van der Waals surface area (Å²) in [4.78, 5) is 16.4. The molecule has 1 aliphatic heterocycles. The highest BCUT2D eigenvalue weighted by atomic mass is 16.5. The predicted octanol–water partition coefficient (Wildman–Crippen LogP) is 1.69. The summed E-state index contributed by atoms with van der Waals surface area (Å²) in [5, 5.41) is 0. The van der Waals surface area contributed by atoms with Crippen molar-refractivity contribution in [3.05, 3.63) is 35.4 Å². The van der Waals surface area contributed by atoms with Crippen LogP contribution in [0.15, 0.2) is 24.3 Å². The summed E-state index contributed by atoms with van der Waals surface area (Å²) in [5.74, 6) is 0.172.